The van der Waals surface area contributed by atoms with E-state index in [-0.39, 0.29) is 6.10 Å². The first-order chi connectivity index (χ1) is 6.77. The van der Waals surface area contributed by atoms with Gasteiger partial charge in [0.1, 0.15) is 5.82 Å². The summed E-state index contributed by atoms with van der Waals surface area (Å²) in [6.45, 7) is 0.609. The maximum atomic E-state index is 9.65. The minimum Gasteiger partial charge on any atom is -0.391 e. The second-order valence-corrected chi connectivity index (χ2v) is 4.78. The zero-order chi connectivity index (χ0) is 9.97. The van der Waals surface area contributed by atoms with Gasteiger partial charge in [-0.05, 0) is 53.5 Å². The van der Waals surface area contributed by atoms with Gasteiger partial charge in [-0.3, -0.25) is 0 Å². The normalized spacial score (nSPS) is 17.9. The molecule has 2 rings (SSSR count). The molecule has 0 spiro atoms. The molecule has 3 nitrogen and oxygen atoms in total. The monoisotopic (exact) mass is 304 g/mol. The van der Waals surface area contributed by atoms with E-state index in [4.69, 9.17) is 0 Å². The molecule has 2 N–H and O–H groups in total. The van der Waals surface area contributed by atoms with Crippen LogP contribution in [0.25, 0.3) is 0 Å². The van der Waals surface area contributed by atoms with E-state index >= 15 is 0 Å². The van der Waals surface area contributed by atoms with E-state index in [1.54, 1.807) is 6.20 Å². The summed E-state index contributed by atoms with van der Waals surface area (Å²) in [6.07, 6.45) is 3.88. The Morgan fingerprint density at radius 2 is 2.43 bits per heavy atom. The van der Waals surface area contributed by atoms with E-state index in [9.17, 15) is 5.11 Å². The Morgan fingerprint density at radius 3 is 3.07 bits per heavy atom. The van der Waals surface area contributed by atoms with E-state index in [0.29, 0.717) is 12.5 Å². The summed E-state index contributed by atoms with van der Waals surface area (Å²) < 4.78 is 1.09. The highest BCUT2D eigenvalue weighted by Gasteiger charge is 2.29. The Kier molecular flexibility index (Phi) is 3.22. The number of hydrogen-bond donors (Lipinski definition) is 2. The van der Waals surface area contributed by atoms with Gasteiger partial charge in [0.25, 0.3) is 0 Å². The minimum absolute atomic E-state index is 0.215. The van der Waals surface area contributed by atoms with Crippen LogP contribution in [0, 0.1) is 9.49 Å². The molecular formula is C10H13IN2O. The van der Waals surface area contributed by atoms with Crippen molar-refractivity contribution in [3.63, 3.8) is 0 Å². The fourth-order valence-electron chi connectivity index (χ4n) is 1.36. The van der Waals surface area contributed by atoms with Gasteiger partial charge in [-0.25, -0.2) is 4.98 Å². The number of hydrogen-bond acceptors (Lipinski definition) is 3. The van der Waals surface area contributed by atoms with Gasteiger partial charge in [0.2, 0.25) is 0 Å². The summed E-state index contributed by atoms with van der Waals surface area (Å²) in [5, 5.41) is 12.8. The lowest BCUT2D eigenvalue weighted by Crippen LogP contribution is -2.22. The van der Waals surface area contributed by atoms with Crippen LogP contribution in [-0.4, -0.2) is 22.7 Å². The maximum Gasteiger partial charge on any atom is 0.139 e. The van der Waals surface area contributed by atoms with Crippen LogP contribution >= 0.6 is 22.6 Å². The number of anilines is 1. The molecule has 1 heterocycles. The van der Waals surface area contributed by atoms with Gasteiger partial charge < -0.3 is 10.4 Å². The highest BCUT2D eigenvalue weighted by molar-refractivity contribution is 14.1. The van der Waals surface area contributed by atoms with Crippen molar-refractivity contribution < 1.29 is 5.11 Å². The number of nitrogens with one attached hydrogen (secondary N) is 1. The molecular weight excluding hydrogens is 291 g/mol. The third-order valence-corrected chi connectivity index (χ3v) is 3.27. The van der Waals surface area contributed by atoms with Crippen LogP contribution < -0.4 is 5.32 Å². The standard InChI is InChI=1S/C10H13IN2O/c11-8-2-1-5-12-10(8)13-6-9(14)7-3-4-7/h1-2,5,7,9,14H,3-4,6H2,(H,12,13). The van der Waals surface area contributed by atoms with Gasteiger partial charge in [0.15, 0.2) is 0 Å². The summed E-state index contributed by atoms with van der Waals surface area (Å²) >= 11 is 2.23. The molecule has 1 aliphatic carbocycles. The molecule has 0 radical (unpaired) electrons. The summed E-state index contributed by atoms with van der Waals surface area (Å²) in [6, 6.07) is 3.91. The zero-order valence-electron chi connectivity index (χ0n) is 7.78. The molecule has 14 heavy (non-hydrogen) atoms. The van der Waals surface area contributed by atoms with E-state index < -0.39 is 0 Å². The van der Waals surface area contributed by atoms with Gasteiger partial charge in [0.05, 0.1) is 9.67 Å². The first-order valence-electron chi connectivity index (χ1n) is 4.80. The molecule has 76 valence electrons. The summed E-state index contributed by atoms with van der Waals surface area (Å²) in [4.78, 5) is 4.20. The van der Waals surface area contributed by atoms with Crippen molar-refractivity contribution in [1.29, 1.82) is 0 Å². The average Bonchev–Trinajstić information content (AvgIpc) is 2.99. The molecule has 0 bridgehead atoms. The zero-order valence-corrected chi connectivity index (χ0v) is 9.94. The lowest BCUT2D eigenvalue weighted by Gasteiger charge is -2.11. The molecule has 1 aromatic heterocycles. The number of pyridine rings is 1. The SMILES string of the molecule is OC(CNc1ncccc1I)C1CC1. The molecule has 1 aliphatic rings. The van der Waals surface area contributed by atoms with Crippen LogP contribution in [-0.2, 0) is 0 Å². The molecule has 0 aromatic carbocycles. The van der Waals surface area contributed by atoms with Crippen molar-refractivity contribution in [3.8, 4) is 0 Å². The molecule has 4 heteroatoms. The molecule has 1 atom stereocenters. The van der Waals surface area contributed by atoms with Crippen molar-refractivity contribution in [3.05, 3.63) is 21.9 Å². The Balaban J connectivity index is 1.87. The Bertz CT molecular complexity index is 315. The fourth-order valence-corrected chi connectivity index (χ4v) is 1.90. The second-order valence-electron chi connectivity index (χ2n) is 3.62. The van der Waals surface area contributed by atoms with Gasteiger partial charge >= 0.3 is 0 Å². The molecule has 1 fully saturated rings. The van der Waals surface area contributed by atoms with E-state index in [0.717, 1.165) is 9.39 Å². The minimum atomic E-state index is -0.215. The molecule has 0 amide bonds. The quantitative estimate of drug-likeness (QED) is 0.835. The third kappa shape index (κ3) is 2.57. The summed E-state index contributed by atoms with van der Waals surface area (Å²) in [5.74, 6) is 1.39. The smallest absolute Gasteiger partial charge is 0.139 e. The van der Waals surface area contributed by atoms with Crippen LogP contribution in [0.2, 0.25) is 0 Å². The van der Waals surface area contributed by atoms with Gasteiger partial charge in [-0.15, -0.1) is 0 Å². The van der Waals surface area contributed by atoms with E-state index in [1.165, 1.54) is 12.8 Å². The molecule has 0 saturated heterocycles. The predicted octanol–water partition coefficient (Wildman–Crippen LogP) is 1.87. The highest BCUT2D eigenvalue weighted by atomic mass is 127. The molecule has 1 saturated carbocycles. The number of aliphatic hydroxyl groups excluding tert-OH is 1. The van der Waals surface area contributed by atoms with Gasteiger partial charge in [-0.1, -0.05) is 0 Å². The average molecular weight is 304 g/mol. The fraction of sp³-hybridized carbons (Fsp3) is 0.500. The Labute approximate surface area is 97.1 Å². The summed E-state index contributed by atoms with van der Waals surface area (Å²) in [5.41, 5.74) is 0. The highest BCUT2D eigenvalue weighted by Crippen LogP contribution is 2.32. The summed E-state index contributed by atoms with van der Waals surface area (Å²) in [7, 11) is 0. The number of halogens is 1. The van der Waals surface area contributed by atoms with Crippen molar-refractivity contribution >= 4 is 28.4 Å². The largest absolute Gasteiger partial charge is 0.391 e. The topological polar surface area (TPSA) is 45.1 Å². The lowest BCUT2D eigenvalue weighted by atomic mass is 10.2. The number of rotatable bonds is 4. The maximum absolute atomic E-state index is 9.65. The number of aliphatic hydroxyl groups is 1. The third-order valence-electron chi connectivity index (χ3n) is 2.40. The molecule has 1 unspecified atom stereocenters. The second kappa shape index (κ2) is 4.44. The predicted molar refractivity (Wildman–Crippen MR) is 64.2 cm³/mol. The Morgan fingerprint density at radius 1 is 1.64 bits per heavy atom. The Hall–Kier alpha value is -0.360. The first kappa shape index (κ1) is 10.2. The van der Waals surface area contributed by atoms with E-state index in [2.05, 4.69) is 32.9 Å². The van der Waals surface area contributed by atoms with Crippen molar-refractivity contribution in [1.82, 2.24) is 4.98 Å². The van der Waals surface area contributed by atoms with Crippen molar-refractivity contribution in [2.24, 2.45) is 5.92 Å². The molecule has 0 aliphatic heterocycles. The van der Waals surface area contributed by atoms with Crippen LogP contribution in [0.3, 0.4) is 0 Å². The van der Waals surface area contributed by atoms with Crippen LogP contribution in [0.5, 0.6) is 0 Å². The number of nitrogens with zero attached hydrogens (tertiary/aromatic N) is 1. The van der Waals surface area contributed by atoms with Crippen molar-refractivity contribution in [2.45, 2.75) is 18.9 Å². The lowest BCUT2D eigenvalue weighted by molar-refractivity contribution is 0.164. The number of aromatic nitrogens is 1. The van der Waals surface area contributed by atoms with Crippen LogP contribution in [0.1, 0.15) is 12.8 Å². The first-order valence-corrected chi connectivity index (χ1v) is 5.87. The molecule has 1 aromatic rings. The van der Waals surface area contributed by atoms with E-state index in [1.807, 2.05) is 12.1 Å². The van der Waals surface area contributed by atoms with Crippen LogP contribution in [0.15, 0.2) is 18.3 Å². The van der Waals surface area contributed by atoms with Gasteiger partial charge in [-0.2, -0.15) is 0 Å². The van der Waals surface area contributed by atoms with Crippen LogP contribution in [0.4, 0.5) is 5.82 Å². The van der Waals surface area contributed by atoms with Crippen molar-refractivity contribution in [2.75, 3.05) is 11.9 Å². The van der Waals surface area contributed by atoms with Gasteiger partial charge in [0, 0.05) is 12.7 Å².